The van der Waals surface area contributed by atoms with Crippen LogP contribution in [0.3, 0.4) is 0 Å². The Hall–Kier alpha value is -1.71. The van der Waals surface area contributed by atoms with E-state index in [1.165, 1.54) is 18.2 Å². The lowest BCUT2D eigenvalue weighted by atomic mass is 9.90. The fourth-order valence-corrected chi connectivity index (χ4v) is 1.85. The van der Waals surface area contributed by atoms with E-state index in [1.807, 2.05) is 0 Å². The second-order valence-electron chi connectivity index (χ2n) is 3.90. The SMILES string of the molecule is CCC1(C)C(=O)C2=CC=CC(=O)C2=[N+]1[O-]. The molecule has 2 aliphatic rings. The molecule has 0 aromatic carbocycles. The molecule has 0 aromatic rings. The number of rotatable bonds is 1. The fourth-order valence-electron chi connectivity index (χ4n) is 1.85. The van der Waals surface area contributed by atoms with Crippen LogP contribution in [0.25, 0.3) is 0 Å². The lowest BCUT2D eigenvalue weighted by Crippen LogP contribution is -2.39. The summed E-state index contributed by atoms with van der Waals surface area (Å²) in [7, 11) is 0. The van der Waals surface area contributed by atoms with Crippen LogP contribution >= 0.6 is 0 Å². The van der Waals surface area contributed by atoms with Gasteiger partial charge in [0.25, 0.3) is 11.5 Å². The number of ketones is 2. The van der Waals surface area contributed by atoms with E-state index in [1.54, 1.807) is 13.8 Å². The molecular weight excluding hydrogens is 194 g/mol. The maximum absolute atomic E-state index is 11.9. The smallest absolute Gasteiger partial charge is 0.270 e. The number of nitrogens with zero attached hydrogens (tertiary/aromatic N) is 1. The van der Waals surface area contributed by atoms with Gasteiger partial charge in [-0.25, -0.2) is 0 Å². The van der Waals surface area contributed by atoms with Crippen molar-refractivity contribution in [2.45, 2.75) is 25.8 Å². The van der Waals surface area contributed by atoms with Gasteiger partial charge in [0.2, 0.25) is 11.3 Å². The zero-order valence-electron chi connectivity index (χ0n) is 8.61. The van der Waals surface area contributed by atoms with Crippen molar-refractivity contribution in [3.05, 3.63) is 29.0 Å². The third kappa shape index (κ3) is 1.04. The monoisotopic (exact) mass is 205 g/mol. The second kappa shape index (κ2) is 2.89. The van der Waals surface area contributed by atoms with Gasteiger partial charge in [-0.2, -0.15) is 4.74 Å². The third-order valence-corrected chi connectivity index (χ3v) is 3.07. The highest BCUT2D eigenvalue weighted by atomic mass is 16.5. The van der Waals surface area contributed by atoms with Gasteiger partial charge in [-0.05, 0) is 12.2 Å². The first kappa shape index (κ1) is 9.83. The summed E-state index contributed by atoms with van der Waals surface area (Å²) in [6.45, 7) is 3.33. The molecule has 0 N–H and O–H groups in total. The van der Waals surface area contributed by atoms with Gasteiger partial charge in [0, 0.05) is 13.3 Å². The van der Waals surface area contributed by atoms with Crippen molar-refractivity contribution in [2.24, 2.45) is 0 Å². The molecule has 0 spiro atoms. The minimum atomic E-state index is -1.11. The van der Waals surface area contributed by atoms with E-state index in [0.717, 1.165) is 0 Å². The summed E-state index contributed by atoms with van der Waals surface area (Å²) in [5.74, 6) is -0.638. The number of carbonyl (C=O) groups is 2. The van der Waals surface area contributed by atoms with Crippen molar-refractivity contribution in [2.75, 3.05) is 0 Å². The van der Waals surface area contributed by atoms with E-state index in [2.05, 4.69) is 0 Å². The van der Waals surface area contributed by atoms with E-state index in [-0.39, 0.29) is 22.9 Å². The Morgan fingerprint density at radius 2 is 2.13 bits per heavy atom. The molecule has 0 amide bonds. The Bertz CT molecular complexity index is 456. The lowest BCUT2D eigenvalue weighted by molar-refractivity contribution is -0.520. The van der Waals surface area contributed by atoms with Crippen LogP contribution in [0.2, 0.25) is 0 Å². The molecule has 1 aliphatic heterocycles. The average molecular weight is 205 g/mol. The number of allylic oxidation sites excluding steroid dienone is 3. The first-order valence-corrected chi connectivity index (χ1v) is 4.84. The molecule has 15 heavy (non-hydrogen) atoms. The summed E-state index contributed by atoms with van der Waals surface area (Å²) in [6.07, 6.45) is 4.74. The highest BCUT2D eigenvalue weighted by Crippen LogP contribution is 2.29. The molecule has 78 valence electrons. The van der Waals surface area contributed by atoms with Crippen LogP contribution in [-0.2, 0) is 9.59 Å². The molecule has 0 saturated heterocycles. The molecule has 0 radical (unpaired) electrons. The van der Waals surface area contributed by atoms with Crippen LogP contribution in [0.15, 0.2) is 23.8 Å². The number of Topliss-reactive ketones (excluding diaryl/α,β-unsaturated/α-hetero) is 1. The quantitative estimate of drug-likeness (QED) is 0.360. The van der Waals surface area contributed by atoms with Crippen molar-refractivity contribution in [1.29, 1.82) is 0 Å². The zero-order chi connectivity index (χ0) is 11.2. The Labute approximate surface area is 87.2 Å². The van der Waals surface area contributed by atoms with Crippen molar-refractivity contribution in [3.63, 3.8) is 0 Å². The molecule has 4 heteroatoms. The van der Waals surface area contributed by atoms with Crippen LogP contribution in [0.5, 0.6) is 0 Å². The number of hydrogen-bond acceptors (Lipinski definition) is 3. The lowest BCUT2D eigenvalue weighted by Gasteiger charge is -2.19. The van der Waals surface area contributed by atoms with E-state index in [4.69, 9.17) is 0 Å². The Morgan fingerprint density at radius 3 is 2.67 bits per heavy atom. The minimum absolute atomic E-state index is 0.00755. The second-order valence-corrected chi connectivity index (χ2v) is 3.90. The molecule has 0 saturated carbocycles. The van der Waals surface area contributed by atoms with Crippen LogP contribution in [0, 0.1) is 5.21 Å². The van der Waals surface area contributed by atoms with Gasteiger partial charge in [-0.3, -0.25) is 9.59 Å². The summed E-state index contributed by atoms with van der Waals surface area (Å²) < 4.78 is 0.562. The number of hydroxylamine groups is 1. The predicted molar refractivity (Wildman–Crippen MR) is 54.6 cm³/mol. The van der Waals surface area contributed by atoms with Crippen molar-refractivity contribution >= 4 is 17.3 Å². The van der Waals surface area contributed by atoms with Gasteiger partial charge < -0.3 is 5.21 Å². The summed E-state index contributed by atoms with van der Waals surface area (Å²) in [5, 5.41) is 11.9. The van der Waals surface area contributed by atoms with Crippen molar-refractivity contribution < 1.29 is 14.3 Å². The van der Waals surface area contributed by atoms with Crippen molar-refractivity contribution in [1.82, 2.24) is 0 Å². The molecule has 1 atom stereocenters. The van der Waals surface area contributed by atoms with E-state index in [9.17, 15) is 14.8 Å². The summed E-state index contributed by atoms with van der Waals surface area (Å²) in [6, 6.07) is 0. The molecule has 1 aliphatic carbocycles. The molecule has 1 heterocycles. The van der Waals surface area contributed by atoms with Gasteiger partial charge in [0.15, 0.2) is 0 Å². The normalized spacial score (nSPS) is 29.6. The van der Waals surface area contributed by atoms with E-state index >= 15 is 0 Å². The highest BCUT2D eigenvalue weighted by Gasteiger charge is 2.53. The molecule has 0 bridgehead atoms. The van der Waals surface area contributed by atoms with E-state index < -0.39 is 5.54 Å². The number of hydrogen-bond donors (Lipinski definition) is 0. The standard InChI is InChI=1S/C11H11NO3/c1-3-11(2)10(14)7-5-4-6-8(13)9(7)12(11)15/h4-6H,3H2,1-2H3. The molecule has 2 rings (SSSR count). The molecule has 0 fully saturated rings. The predicted octanol–water partition coefficient (Wildman–Crippen LogP) is 0.754. The molecular formula is C11H11NO3. The number of carbonyl (C=O) groups excluding carboxylic acids is 2. The number of fused-ring (bicyclic) bond motifs is 1. The molecule has 0 aromatic heterocycles. The Morgan fingerprint density at radius 1 is 1.47 bits per heavy atom. The van der Waals surface area contributed by atoms with Gasteiger partial charge >= 0.3 is 0 Å². The van der Waals surface area contributed by atoms with Crippen molar-refractivity contribution in [3.8, 4) is 0 Å². The first-order valence-electron chi connectivity index (χ1n) is 4.84. The van der Waals surface area contributed by atoms with Crippen LogP contribution in [-0.4, -0.2) is 27.6 Å². The zero-order valence-corrected chi connectivity index (χ0v) is 8.61. The van der Waals surface area contributed by atoms with Crippen LogP contribution in [0.1, 0.15) is 20.3 Å². The topological polar surface area (TPSA) is 60.2 Å². The Balaban J connectivity index is 2.67. The molecule has 1 unspecified atom stereocenters. The Kier molecular flexibility index (Phi) is 1.89. The van der Waals surface area contributed by atoms with Gasteiger partial charge in [-0.15, -0.1) is 0 Å². The fraction of sp³-hybridized carbons (Fsp3) is 0.364. The van der Waals surface area contributed by atoms with E-state index in [0.29, 0.717) is 11.2 Å². The summed E-state index contributed by atoms with van der Waals surface area (Å²) in [4.78, 5) is 23.4. The largest absolute Gasteiger partial charge is 0.623 e. The van der Waals surface area contributed by atoms with Gasteiger partial charge in [0.05, 0.1) is 0 Å². The van der Waals surface area contributed by atoms with Gasteiger partial charge in [0.1, 0.15) is 5.57 Å². The highest BCUT2D eigenvalue weighted by molar-refractivity contribution is 6.55. The summed E-state index contributed by atoms with van der Waals surface area (Å²) in [5.41, 5.74) is -0.864. The first-order chi connectivity index (χ1) is 7.02. The minimum Gasteiger partial charge on any atom is -0.623 e. The third-order valence-electron chi connectivity index (χ3n) is 3.07. The van der Waals surface area contributed by atoms with Crippen LogP contribution < -0.4 is 0 Å². The maximum Gasteiger partial charge on any atom is 0.270 e. The average Bonchev–Trinajstić information content (AvgIpc) is 2.43. The van der Waals surface area contributed by atoms with Crippen LogP contribution in [0.4, 0.5) is 0 Å². The maximum atomic E-state index is 11.9. The summed E-state index contributed by atoms with van der Waals surface area (Å²) >= 11 is 0. The molecule has 4 nitrogen and oxygen atoms in total. The van der Waals surface area contributed by atoms with Gasteiger partial charge in [-0.1, -0.05) is 13.0 Å².